The summed E-state index contributed by atoms with van der Waals surface area (Å²) in [7, 11) is 1.79. The Morgan fingerprint density at radius 2 is 2.12 bits per heavy atom. The Labute approximate surface area is 139 Å². The molecule has 0 aliphatic heterocycles. The summed E-state index contributed by atoms with van der Waals surface area (Å²) < 4.78 is 1.63. The van der Waals surface area contributed by atoms with Gasteiger partial charge < -0.3 is 22.1 Å². The summed E-state index contributed by atoms with van der Waals surface area (Å²) >= 11 is 0. The smallest absolute Gasteiger partial charge is 0.273 e. The maximum atomic E-state index is 11.5. The van der Waals surface area contributed by atoms with E-state index in [1.165, 1.54) is 0 Å². The van der Waals surface area contributed by atoms with Gasteiger partial charge in [-0.2, -0.15) is 10.1 Å². The van der Waals surface area contributed by atoms with E-state index in [-0.39, 0.29) is 23.6 Å². The molecule has 0 radical (unpaired) electrons. The molecule has 0 bridgehead atoms. The van der Waals surface area contributed by atoms with Crippen molar-refractivity contribution in [1.29, 1.82) is 0 Å². The largest absolute Gasteiger partial charge is 0.364 e. The zero-order chi connectivity index (χ0) is 17.1. The van der Waals surface area contributed by atoms with Crippen molar-refractivity contribution in [3.05, 3.63) is 18.1 Å². The molecule has 2 aromatic heterocycles. The van der Waals surface area contributed by atoms with E-state index in [9.17, 15) is 4.79 Å². The Morgan fingerprint density at radius 3 is 2.79 bits per heavy atom. The van der Waals surface area contributed by atoms with Crippen LogP contribution in [0.1, 0.15) is 36.2 Å². The number of rotatable bonds is 5. The van der Waals surface area contributed by atoms with Gasteiger partial charge in [0.25, 0.3) is 5.91 Å². The third-order valence-corrected chi connectivity index (χ3v) is 4.02. The van der Waals surface area contributed by atoms with Gasteiger partial charge in [0.05, 0.1) is 11.9 Å². The minimum Gasteiger partial charge on any atom is -0.364 e. The molecule has 0 unspecified atom stereocenters. The molecule has 2 aromatic rings. The van der Waals surface area contributed by atoms with Gasteiger partial charge in [-0.25, -0.2) is 0 Å². The topological polar surface area (TPSA) is 150 Å². The lowest BCUT2D eigenvalue weighted by atomic mass is 9.91. The zero-order valence-corrected chi connectivity index (χ0v) is 13.4. The lowest BCUT2D eigenvalue weighted by Gasteiger charge is -2.29. The van der Waals surface area contributed by atoms with Gasteiger partial charge in [-0.05, 0) is 12.8 Å². The molecule has 1 aliphatic carbocycles. The highest BCUT2D eigenvalue weighted by Crippen LogP contribution is 2.21. The van der Waals surface area contributed by atoms with Crippen molar-refractivity contribution >= 4 is 23.4 Å². The van der Waals surface area contributed by atoms with E-state index in [0.29, 0.717) is 11.6 Å². The number of carbonyl (C=O) groups is 1. The standard InChI is InChI=1S/C14H21N9O/c1-23-7-8(6-17-23)18-13-11(12(16)24)21-22-14(20-13)19-10-5-3-2-4-9(10)15/h6-7,9-10H,2-5,15H2,1H3,(H2,16,24)(H2,18,19,20,22)/t9-,10+/m0/s1. The molecule has 0 saturated heterocycles. The summed E-state index contributed by atoms with van der Waals surface area (Å²) in [6.45, 7) is 0. The third-order valence-electron chi connectivity index (χ3n) is 4.02. The number of aromatic nitrogens is 5. The second kappa shape index (κ2) is 6.79. The molecule has 0 spiro atoms. The third kappa shape index (κ3) is 3.59. The normalized spacial score (nSPS) is 20.6. The van der Waals surface area contributed by atoms with Crippen LogP contribution in [-0.4, -0.2) is 43.0 Å². The first-order valence-corrected chi connectivity index (χ1v) is 7.85. The Hall–Kier alpha value is -2.75. The number of hydrogen-bond acceptors (Lipinski definition) is 8. The van der Waals surface area contributed by atoms with Crippen molar-refractivity contribution in [3.8, 4) is 0 Å². The second-order valence-corrected chi connectivity index (χ2v) is 5.92. The molecule has 1 aliphatic rings. The van der Waals surface area contributed by atoms with Gasteiger partial charge in [-0.1, -0.05) is 12.8 Å². The molecule has 2 heterocycles. The van der Waals surface area contributed by atoms with Crippen LogP contribution in [0.4, 0.5) is 17.5 Å². The van der Waals surface area contributed by atoms with Crippen LogP contribution in [0.15, 0.2) is 12.4 Å². The maximum Gasteiger partial charge on any atom is 0.273 e. The van der Waals surface area contributed by atoms with Crippen LogP contribution < -0.4 is 22.1 Å². The number of nitrogens with one attached hydrogen (secondary N) is 2. The highest BCUT2D eigenvalue weighted by molar-refractivity contribution is 5.96. The van der Waals surface area contributed by atoms with Crippen LogP contribution in [0.3, 0.4) is 0 Å². The fourth-order valence-corrected chi connectivity index (χ4v) is 2.77. The van der Waals surface area contributed by atoms with Gasteiger partial charge in [0.15, 0.2) is 11.5 Å². The SMILES string of the molecule is Cn1cc(Nc2nc(N[C@@H]3CCCC[C@@H]3N)nnc2C(N)=O)cn1. The molecule has 2 atom stereocenters. The van der Waals surface area contributed by atoms with Crippen molar-refractivity contribution < 1.29 is 4.79 Å². The van der Waals surface area contributed by atoms with Crippen LogP contribution >= 0.6 is 0 Å². The van der Waals surface area contributed by atoms with Gasteiger partial charge in [-0.3, -0.25) is 9.48 Å². The number of hydrogen-bond donors (Lipinski definition) is 4. The molecular formula is C14H21N9O. The fourth-order valence-electron chi connectivity index (χ4n) is 2.77. The molecule has 0 aromatic carbocycles. The van der Waals surface area contributed by atoms with E-state index in [1.54, 1.807) is 24.1 Å². The van der Waals surface area contributed by atoms with E-state index < -0.39 is 5.91 Å². The van der Waals surface area contributed by atoms with Crippen LogP contribution in [0.2, 0.25) is 0 Å². The van der Waals surface area contributed by atoms with Crippen molar-refractivity contribution in [1.82, 2.24) is 25.0 Å². The summed E-state index contributed by atoms with van der Waals surface area (Å²) in [5.74, 6) is -0.159. The van der Waals surface area contributed by atoms with Crippen molar-refractivity contribution in [2.75, 3.05) is 10.6 Å². The fraction of sp³-hybridized carbons (Fsp3) is 0.500. The predicted molar refractivity (Wildman–Crippen MR) is 88.7 cm³/mol. The Morgan fingerprint density at radius 1 is 1.33 bits per heavy atom. The van der Waals surface area contributed by atoms with E-state index in [4.69, 9.17) is 11.5 Å². The first-order chi connectivity index (χ1) is 11.5. The maximum absolute atomic E-state index is 11.5. The first kappa shape index (κ1) is 16.1. The number of amides is 1. The zero-order valence-electron chi connectivity index (χ0n) is 13.4. The minimum atomic E-state index is -0.706. The summed E-state index contributed by atoms with van der Waals surface area (Å²) in [6.07, 6.45) is 7.51. The number of aryl methyl sites for hydroxylation is 1. The quantitative estimate of drug-likeness (QED) is 0.604. The van der Waals surface area contributed by atoms with Crippen LogP contribution in [-0.2, 0) is 7.05 Å². The summed E-state index contributed by atoms with van der Waals surface area (Å²) in [4.78, 5) is 15.9. The molecule has 1 saturated carbocycles. The van der Waals surface area contributed by atoms with E-state index in [1.807, 2.05) is 0 Å². The molecule has 1 fully saturated rings. The van der Waals surface area contributed by atoms with Gasteiger partial charge in [0.1, 0.15) is 0 Å². The average Bonchev–Trinajstić information content (AvgIpc) is 2.94. The second-order valence-electron chi connectivity index (χ2n) is 5.92. The molecule has 10 heteroatoms. The number of carbonyl (C=O) groups excluding carboxylic acids is 1. The van der Waals surface area contributed by atoms with Crippen LogP contribution in [0.5, 0.6) is 0 Å². The van der Waals surface area contributed by atoms with Crippen molar-refractivity contribution in [2.24, 2.45) is 18.5 Å². The lowest BCUT2D eigenvalue weighted by molar-refractivity contribution is 0.0995. The van der Waals surface area contributed by atoms with E-state index in [2.05, 4.69) is 30.9 Å². The van der Waals surface area contributed by atoms with E-state index >= 15 is 0 Å². The van der Waals surface area contributed by atoms with Crippen molar-refractivity contribution in [2.45, 2.75) is 37.8 Å². The molecule has 10 nitrogen and oxygen atoms in total. The van der Waals surface area contributed by atoms with E-state index in [0.717, 1.165) is 25.7 Å². The van der Waals surface area contributed by atoms with Gasteiger partial charge in [-0.15, -0.1) is 10.2 Å². The molecule has 3 rings (SSSR count). The molecule has 6 N–H and O–H groups in total. The number of nitrogens with zero attached hydrogens (tertiary/aromatic N) is 5. The monoisotopic (exact) mass is 331 g/mol. The summed E-state index contributed by atoms with van der Waals surface area (Å²) in [5.41, 5.74) is 12.1. The highest BCUT2D eigenvalue weighted by atomic mass is 16.1. The molecule has 1 amide bonds. The van der Waals surface area contributed by atoms with Crippen molar-refractivity contribution in [3.63, 3.8) is 0 Å². The van der Waals surface area contributed by atoms with Gasteiger partial charge in [0.2, 0.25) is 5.95 Å². The molecular weight excluding hydrogens is 310 g/mol. The van der Waals surface area contributed by atoms with Gasteiger partial charge in [0, 0.05) is 25.3 Å². The number of nitrogens with two attached hydrogens (primary N) is 2. The number of primary amides is 1. The summed E-state index contributed by atoms with van der Waals surface area (Å²) in [5, 5.41) is 18.1. The lowest BCUT2D eigenvalue weighted by Crippen LogP contribution is -2.43. The predicted octanol–water partition coefficient (Wildman–Crippen LogP) is 0.129. The average molecular weight is 331 g/mol. The summed E-state index contributed by atoms with van der Waals surface area (Å²) in [6, 6.07) is 0.138. The van der Waals surface area contributed by atoms with Crippen LogP contribution in [0.25, 0.3) is 0 Å². The minimum absolute atomic E-state index is 0.0302. The Bertz CT molecular complexity index is 729. The Balaban J connectivity index is 1.83. The van der Waals surface area contributed by atoms with Gasteiger partial charge >= 0.3 is 0 Å². The Kier molecular flexibility index (Phi) is 4.56. The highest BCUT2D eigenvalue weighted by Gasteiger charge is 2.23. The van der Waals surface area contributed by atoms with Crippen LogP contribution in [0, 0.1) is 0 Å². The first-order valence-electron chi connectivity index (χ1n) is 7.85. The molecule has 128 valence electrons. The molecule has 24 heavy (non-hydrogen) atoms. The number of anilines is 3.